The number of unbranched alkanes of at least 4 members (excludes halogenated alkanes) is 6. The number of aryl methyl sites for hydroxylation is 2. The van der Waals surface area contributed by atoms with E-state index in [9.17, 15) is 0 Å². The van der Waals surface area contributed by atoms with Crippen LogP contribution in [-0.4, -0.2) is 6.61 Å². The average Bonchev–Trinajstić information content (AvgIpc) is 2.71. The van der Waals surface area contributed by atoms with Gasteiger partial charge in [0.05, 0.1) is 18.0 Å². The van der Waals surface area contributed by atoms with Crippen LogP contribution < -0.4 is 4.74 Å². The minimum Gasteiger partial charge on any atom is -0.493 e. The van der Waals surface area contributed by atoms with Crippen molar-refractivity contribution >= 4 is 11.4 Å². The molecule has 152 valence electrons. The maximum absolute atomic E-state index is 5.89. The summed E-state index contributed by atoms with van der Waals surface area (Å²) in [6.07, 6.45) is 11.2. The summed E-state index contributed by atoms with van der Waals surface area (Å²) in [5, 5.41) is 8.76. The van der Waals surface area contributed by atoms with E-state index in [4.69, 9.17) is 4.74 Å². The average molecular weight is 381 g/mol. The zero-order valence-corrected chi connectivity index (χ0v) is 17.9. The molecule has 0 aliphatic rings. The van der Waals surface area contributed by atoms with Crippen LogP contribution in [-0.2, 0) is 6.42 Å². The Morgan fingerprint density at radius 2 is 1.36 bits per heavy atom. The molecule has 0 saturated heterocycles. The molecule has 0 radical (unpaired) electrons. The number of hydrogen-bond acceptors (Lipinski definition) is 3. The zero-order valence-electron chi connectivity index (χ0n) is 17.9. The van der Waals surface area contributed by atoms with Crippen molar-refractivity contribution in [2.75, 3.05) is 6.61 Å². The van der Waals surface area contributed by atoms with Crippen LogP contribution in [0.2, 0.25) is 0 Å². The Hall–Kier alpha value is -2.16. The lowest BCUT2D eigenvalue weighted by Gasteiger charge is -2.09. The fraction of sp³-hybridized carbons (Fsp3) is 0.520. The first-order valence-corrected chi connectivity index (χ1v) is 11.0. The number of rotatable bonds is 13. The van der Waals surface area contributed by atoms with E-state index in [0.29, 0.717) is 0 Å². The van der Waals surface area contributed by atoms with Gasteiger partial charge in [0.15, 0.2) is 0 Å². The van der Waals surface area contributed by atoms with Crippen molar-refractivity contribution in [3.05, 3.63) is 53.6 Å². The third-order valence-electron chi connectivity index (χ3n) is 4.95. The molecule has 0 saturated carbocycles. The SMILES string of the molecule is CCCCCCOc1ccc(N=Nc2ccc(CCCCCC)cc2)cc1C. The Morgan fingerprint density at radius 1 is 0.714 bits per heavy atom. The molecule has 0 aliphatic carbocycles. The van der Waals surface area contributed by atoms with E-state index < -0.39 is 0 Å². The number of hydrogen-bond donors (Lipinski definition) is 0. The molecule has 28 heavy (non-hydrogen) atoms. The van der Waals surface area contributed by atoms with E-state index in [2.05, 4.69) is 55.3 Å². The molecule has 3 heteroatoms. The maximum Gasteiger partial charge on any atom is 0.122 e. The van der Waals surface area contributed by atoms with E-state index in [1.54, 1.807) is 0 Å². The molecule has 0 N–H and O–H groups in total. The second kappa shape index (κ2) is 13.1. The number of nitrogens with zero attached hydrogens (tertiary/aromatic N) is 2. The summed E-state index contributed by atoms with van der Waals surface area (Å²) in [7, 11) is 0. The highest BCUT2D eigenvalue weighted by Crippen LogP contribution is 2.26. The van der Waals surface area contributed by atoms with Gasteiger partial charge in [-0.1, -0.05) is 64.5 Å². The molecule has 0 spiro atoms. The Bertz CT molecular complexity index is 707. The second-order valence-corrected chi connectivity index (χ2v) is 7.54. The molecule has 0 bridgehead atoms. The van der Waals surface area contributed by atoms with E-state index in [0.717, 1.165) is 42.1 Å². The molecule has 2 aromatic rings. The standard InChI is InChI=1S/C25H36N2O/c1-4-6-8-10-12-22-13-15-23(16-14-22)26-27-24-17-18-25(21(3)20-24)28-19-11-9-7-5-2/h13-18,20H,4-12,19H2,1-3H3. The van der Waals surface area contributed by atoms with Crippen LogP contribution in [0.5, 0.6) is 5.75 Å². The van der Waals surface area contributed by atoms with Crippen molar-refractivity contribution < 1.29 is 4.74 Å². The molecule has 0 heterocycles. The molecule has 0 amide bonds. The fourth-order valence-electron chi connectivity index (χ4n) is 3.17. The van der Waals surface area contributed by atoms with Crippen LogP contribution in [0.15, 0.2) is 52.7 Å². The molecule has 0 aliphatic heterocycles. The Balaban J connectivity index is 1.83. The first kappa shape index (κ1) is 22.1. The van der Waals surface area contributed by atoms with Crippen molar-refractivity contribution in [1.29, 1.82) is 0 Å². The van der Waals surface area contributed by atoms with Crippen LogP contribution in [0.3, 0.4) is 0 Å². The highest BCUT2D eigenvalue weighted by Gasteiger charge is 2.01. The molecule has 0 fully saturated rings. The van der Waals surface area contributed by atoms with Crippen LogP contribution in [0.4, 0.5) is 11.4 Å². The topological polar surface area (TPSA) is 34.0 Å². The monoisotopic (exact) mass is 380 g/mol. The summed E-state index contributed by atoms with van der Waals surface area (Å²) in [5.41, 5.74) is 4.24. The van der Waals surface area contributed by atoms with Gasteiger partial charge in [-0.15, -0.1) is 0 Å². The van der Waals surface area contributed by atoms with Gasteiger partial charge in [-0.3, -0.25) is 0 Å². The van der Waals surface area contributed by atoms with Gasteiger partial charge in [0, 0.05) is 0 Å². The van der Waals surface area contributed by atoms with Crippen molar-refractivity contribution in [2.24, 2.45) is 10.2 Å². The molecule has 0 aromatic heterocycles. The summed E-state index contributed by atoms with van der Waals surface area (Å²) >= 11 is 0. The van der Waals surface area contributed by atoms with Crippen LogP contribution >= 0.6 is 0 Å². The van der Waals surface area contributed by atoms with Crippen molar-refractivity contribution in [2.45, 2.75) is 78.6 Å². The normalized spacial score (nSPS) is 11.2. The third-order valence-corrected chi connectivity index (χ3v) is 4.95. The summed E-state index contributed by atoms with van der Waals surface area (Å²) < 4.78 is 5.89. The van der Waals surface area contributed by atoms with Crippen LogP contribution in [0.1, 0.15) is 76.3 Å². The summed E-state index contributed by atoms with van der Waals surface area (Å²) in [5.74, 6) is 0.947. The Kier molecular flexibility index (Phi) is 10.3. The van der Waals surface area contributed by atoms with Gasteiger partial charge in [-0.25, -0.2) is 0 Å². The Labute approximate surface area is 171 Å². The minimum atomic E-state index is 0.784. The molecule has 0 unspecified atom stereocenters. The van der Waals surface area contributed by atoms with E-state index >= 15 is 0 Å². The van der Waals surface area contributed by atoms with E-state index in [1.807, 2.05) is 18.2 Å². The largest absolute Gasteiger partial charge is 0.493 e. The minimum absolute atomic E-state index is 0.784. The van der Waals surface area contributed by atoms with Gasteiger partial charge in [-0.2, -0.15) is 10.2 Å². The maximum atomic E-state index is 5.89. The summed E-state index contributed by atoms with van der Waals surface area (Å²) in [4.78, 5) is 0. The second-order valence-electron chi connectivity index (χ2n) is 7.54. The quantitative estimate of drug-likeness (QED) is 0.253. The van der Waals surface area contributed by atoms with Crippen LogP contribution in [0, 0.1) is 6.92 Å². The van der Waals surface area contributed by atoms with E-state index in [1.165, 1.54) is 50.5 Å². The van der Waals surface area contributed by atoms with Crippen molar-refractivity contribution in [3.8, 4) is 5.75 Å². The predicted octanol–water partition coefficient (Wildman–Crippen LogP) is 8.49. The first-order chi connectivity index (χ1) is 13.7. The lowest BCUT2D eigenvalue weighted by atomic mass is 10.1. The molecule has 2 rings (SSSR count). The molecule has 2 aromatic carbocycles. The number of ether oxygens (including phenoxy) is 1. The lowest BCUT2D eigenvalue weighted by molar-refractivity contribution is 0.303. The highest BCUT2D eigenvalue weighted by molar-refractivity contribution is 5.47. The van der Waals surface area contributed by atoms with Gasteiger partial charge in [0.1, 0.15) is 5.75 Å². The van der Waals surface area contributed by atoms with E-state index in [-0.39, 0.29) is 0 Å². The predicted molar refractivity (Wildman–Crippen MR) is 119 cm³/mol. The first-order valence-electron chi connectivity index (χ1n) is 11.0. The van der Waals surface area contributed by atoms with Crippen LogP contribution in [0.25, 0.3) is 0 Å². The van der Waals surface area contributed by atoms with Crippen molar-refractivity contribution in [1.82, 2.24) is 0 Å². The highest BCUT2D eigenvalue weighted by atomic mass is 16.5. The fourth-order valence-corrected chi connectivity index (χ4v) is 3.17. The van der Waals surface area contributed by atoms with Gasteiger partial charge < -0.3 is 4.74 Å². The molecule has 3 nitrogen and oxygen atoms in total. The van der Waals surface area contributed by atoms with Gasteiger partial charge in [-0.05, 0) is 67.6 Å². The van der Waals surface area contributed by atoms with Gasteiger partial charge >= 0.3 is 0 Å². The zero-order chi connectivity index (χ0) is 20.0. The van der Waals surface area contributed by atoms with Crippen molar-refractivity contribution in [3.63, 3.8) is 0 Å². The van der Waals surface area contributed by atoms with Gasteiger partial charge in [0.25, 0.3) is 0 Å². The summed E-state index contributed by atoms with van der Waals surface area (Å²) in [6.45, 7) is 7.32. The molecule has 0 atom stereocenters. The number of azo groups is 1. The lowest BCUT2D eigenvalue weighted by Crippen LogP contribution is -1.98. The smallest absolute Gasteiger partial charge is 0.122 e. The Morgan fingerprint density at radius 3 is 2.04 bits per heavy atom. The summed E-state index contributed by atoms with van der Waals surface area (Å²) in [6, 6.07) is 14.5. The third kappa shape index (κ3) is 8.24. The molecular weight excluding hydrogens is 344 g/mol. The molecular formula is C25H36N2O. The number of benzene rings is 2. The van der Waals surface area contributed by atoms with Gasteiger partial charge in [0.2, 0.25) is 0 Å².